The van der Waals surface area contributed by atoms with Crippen molar-refractivity contribution in [3.05, 3.63) is 47.3 Å². The van der Waals surface area contributed by atoms with E-state index in [4.69, 9.17) is 4.74 Å². The lowest BCUT2D eigenvalue weighted by Gasteiger charge is -2.11. The number of rotatable bonds is 8. The summed E-state index contributed by atoms with van der Waals surface area (Å²) < 4.78 is 7.49. The molecule has 0 bridgehead atoms. The molecule has 7 heteroatoms. The zero-order valence-corrected chi connectivity index (χ0v) is 15.8. The number of hydrogen-bond acceptors (Lipinski definition) is 5. The number of hydrogen-bond donors (Lipinski definition) is 2. The van der Waals surface area contributed by atoms with Crippen LogP contribution in [0, 0.1) is 6.92 Å². The lowest BCUT2D eigenvalue weighted by atomic mass is 10.1. The van der Waals surface area contributed by atoms with Gasteiger partial charge in [-0.15, -0.1) is 0 Å². The second-order valence-electron chi connectivity index (χ2n) is 6.51. The third-order valence-electron chi connectivity index (χ3n) is 4.31. The van der Waals surface area contributed by atoms with Gasteiger partial charge >= 0.3 is 0 Å². The van der Waals surface area contributed by atoms with Crippen molar-refractivity contribution in [2.24, 2.45) is 0 Å². The quantitative estimate of drug-likeness (QED) is 0.691. The van der Waals surface area contributed by atoms with E-state index >= 15 is 0 Å². The van der Waals surface area contributed by atoms with E-state index in [0.29, 0.717) is 24.5 Å². The van der Waals surface area contributed by atoms with Gasteiger partial charge in [-0.3, -0.25) is 4.79 Å². The molecule has 26 heavy (non-hydrogen) atoms. The molecule has 1 atom stereocenters. The van der Waals surface area contributed by atoms with Crippen molar-refractivity contribution in [1.29, 1.82) is 0 Å². The summed E-state index contributed by atoms with van der Waals surface area (Å²) in [5.74, 6) is 0.267. The fourth-order valence-electron chi connectivity index (χ4n) is 2.86. The first-order valence-corrected chi connectivity index (χ1v) is 9.86. The standard InChI is InChI=1S/C19H25N3O3S/c1-14-4-6-15(7-5-14)10-22-11-16(12-23)21-19(22)26-13-18(24)20-9-17-3-2-8-25-17/h4-7,11,17,23H,2-3,8-10,12-13H2,1H3,(H,20,24)/t17-/m1/s1. The number of carbonyl (C=O) groups is 1. The van der Waals surface area contributed by atoms with Crippen molar-refractivity contribution in [2.75, 3.05) is 18.9 Å². The SMILES string of the molecule is Cc1ccc(Cn2cc(CO)nc2SCC(=O)NC[C@H]2CCCO2)cc1. The van der Waals surface area contributed by atoms with E-state index in [9.17, 15) is 9.90 Å². The van der Waals surface area contributed by atoms with Gasteiger partial charge in [0.1, 0.15) is 0 Å². The van der Waals surface area contributed by atoms with Gasteiger partial charge in [0.15, 0.2) is 5.16 Å². The summed E-state index contributed by atoms with van der Waals surface area (Å²) in [6, 6.07) is 8.31. The topological polar surface area (TPSA) is 76.4 Å². The second-order valence-corrected chi connectivity index (χ2v) is 7.46. The summed E-state index contributed by atoms with van der Waals surface area (Å²) in [4.78, 5) is 16.5. The van der Waals surface area contributed by atoms with Crippen molar-refractivity contribution >= 4 is 17.7 Å². The monoisotopic (exact) mass is 375 g/mol. The van der Waals surface area contributed by atoms with Crippen LogP contribution in [0.2, 0.25) is 0 Å². The minimum atomic E-state index is -0.111. The van der Waals surface area contributed by atoms with Crippen LogP contribution in [-0.2, 0) is 22.7 Å². The molecule has 3 rings (SSSR count). The Kier molecular flexibility index (Phi) is 6.71. The number of aryl methyl sites for hydroxylation is 1. The van der Waals surface area contributed by atoms with E-state index < -0.39 is 0 Å². The molecule has 1 amide bonds. The van der Waals surface area contributed by atoms with Crippen LogP contribution >= 0.6 is 11.8 Å². The zero-order valence-electron chi connectivity index (χ0n) is 15.0. The molecule has 0 unspecified atom stereocenters. The highest BCUT2D eigenvalue weighted by atomic mass is 32.2. The normalized spacial score (nSPS) is 16.8. The molecule has 0 aliphatic carbocycles. The Morgan fingerprint density at radius 3 is 2.92 bits per heavy atom. The van der Waals surface area contributed by atoms with Gasteiger partial charge < -0.3 is 19.7 Å². The molecular formula is C19H25N3O3S. The van der Waals surface area contributed by atoms with Gasteiger partial charge in [-0.05, 0) is 25.3 Å². The highest BCUT2D eigenvalue weighted by Crippen LogP contribution is 2.20. The fraction of sp³-hybridized carbons (Fsp3) is 0.474. The highest BCUT2D eigenvalue weighted by molar-refractivity contribution is 7.99. The lowest BCUT2D eigenvalue weighted by molar-refractivity contribution is -0.119. The Hall–Kier alpha value is -1.83. The molecule has 1 aliphatic rings. The summed E-state index contributed by atoms with van der Waals surface area (Å²) in [5, 5.41) is 13.0. The number of aliphatic hydroxyl groups excluding tert-OH is 1. The molecule has 1 aromatic carbocycles. The van der Waals surface area contributed by atoms with Crippen LogP contribution in [0.1, 0.15) is 29.7 Å². The van der Waals surface area contributed by atoms with E-state index in [2.05, 4.69) is 41.5 Å². The van der Waals surface area contributed by atoms with E-state index in [1.807, 2.05) is 10.8 Å². The predicted octanol–water partition coefficient (Wildman–Crippen LogP) is 2.12. The van der Waals surface area contributed by atoms with Crippen LogP contribution in [0.5, 0.6) is 0 Å². The number of carbonyl (C=O) groups excluding carboxylic acids is 1. The first kappa shape index (κ1) is 18.9. The van der Waals surface area contributed by atoms with Crippen molar-refractivity contribution in [3.8, 4) is 0 Å². The number of aliphatic hydroxyl groups is 1. The summed E-state index contributed by atoms with van der Waals surface area (Å²) >= 11 is 1.38. The molecule has 0 radical (unpaired) electrons. The van der Waals surface area contributed by atoms with Crippen LogP contribution in [-0.4, -0.2) is 45.6 Å². The third kappa shape index (κ3) is 5.33. The van der Waals surface area contributed by atoms with Gasteiger partial charge in [0, 0.05) is 25.9 Å². The number of nitrogens with zero attached hydrogens (tertiary/aromatic N) is 2. The molecular weight excluding hydrogens is 350 g/mol. The molecule has 1 aromatic heterocycles. The number of ether oxygens (including phenoxy) is 1. The Bertz CT molecular complexity index is 724. The third-order valence-corrected chi connectivity index (χ3v) is 5.30. The van der Waals surface area contributed by atoms with Crippen LogP contribution in [0.4, 0.5) is 0 Å². The van der Waals surface area contributed by atoms with Gasteiger partial charge in [-0.25, -0.2) is 4.98 Å². The minimum absolute atomic E-state index is 0.0269. The molecule has 1 saturated heterocycles. The van der Waals surface area contributed by atoms with Gasteiger partial charge in [-0.1, -0.05) is 41.6 Å². The first-order valence-electron chi connectivity index (χ1n) is 8.87. The second kappa shape index (κ2) is 9.21. The Morgan fingerprint density at radius 1 is 1.42 bits per heavy atom. The maximum Gasteiger partial charge on any atom is 0.230 e. The van der Waals surface area contributed by atoms with Crippen molar-refractivity contribution < 1.29 is 14.6 Å². The fourth-order valence-corrected chi connectivity index (χ4v) is 3.69. The number of benzene rings is 1. The Morgan fingerprint density at radius 2 is 2.23 bits per heavy atom. The highest BCUT2D eigenvalue weighted by Gasteiger charge is 2.17. The predicted molar refractivity (Wildman–Crippen MR) is 101 cm³/mol. The number of amides is 1. The minimum Gasteiger partial charge on any atom is -0.390 e. The van der Waals surface area contributed by atoms with Gasteiger partial charge in [0.25, 0.3) is 0 Å². The summed E-state index contributed by atoms with van der Waals surface area (Å²) in [6.45, 7) is 3.96. The van der Waals surface area contributed by atoms with Gasteiger partial charge in [-0.2, -0.15) is 0 Å². The molecule has 1 aliphatic heterocycles. The van der Waals surface area contributed by atoms with E-state index in [1.54, 1.807) is 0 Å². The lowest BCUT2D eigenvalue weighted by Crippen LogP contribution is -2.32. The van der Waals surface area contributed by atoms with E-state index in [1.165, 1.54) is 17.3 Å². The summed E-state index contributed by atoms with van der Waals surface area (Å²) in [6.07, 6.45) is 4.06. The summed E-state index contributed by atoms with van der Waals surface area (Å²) in [7, 11) is 0. The smallest absolute Gasteiger partial charge is 0.230 e. The maximum atomic E-state index is 12.1. The largest absolute Gasteiger partial charge is 0.390 e. The van der Waals surface area contributed by atoms with Gasteiger partial charge in [0.2, 0.25) is 5.91 Å². The Labute approximate surface area is 158 Å². The van der Waals surface area contributed by atoms with Crippen molar-refractivity contribution in [2.45, 2.75) is 44.2 Å². The first-order chi connectivity index (χ1) is 12.6. The molecule has 2 aromatic rings. The van der Waals surface area contributed by atoms with Gasteiger partial charge in [0.05, 0.1) is 24.2 Å². The summed E-state index contributed by atoms with van der Waals surface area (Å²) in [5.41, 5.74) is 2.98. The molecule has 2 N–H and O–H groups in total. The number of imidazole rings is 1. The molecule has 0 saturated carbocycles. The van der Waals surface area contributed by atoms with Crippen molar-refractivity contribution in [1.82, 2.24) is 14.9 Å². The molecule has 0 spiro atoms. The number of aromatic nitrogens is 2. The van der Waals surface area contributed by atoms with Crippen molar-refractivity contribution in [3.63, 3.8) is 0 Å². The van der Waals surface area contributed by atoms with E-state index in [0.717, 1.165) is 30.2 Å². The van der Waals surface area contributed by atoms with Crippen LogP contribution in [0.25, 0.3) is 0 Å². The Balaban J connectivity index is 1.56. The number of nitrogens with one attached hydrogen (secondary N) is 1. The maximum absolute atomic E-state index is 12.1. The number of thioether (sulfide) groups is 1. The average Bonchev–Trinajstić information content (AvgIpc) is 3.30. The molecule has 1 fully saturated rings. The molecule has 6 nitrogen and oxygen atoms in total. The van der Waals surface area contributed by atoms with Crippen LogP contribution < -0.4 is 5.32 Å². The van der Waals surface area contributed by atoms with E-state index in [-0.39, 0.29) is 18.6 Å². The molecule has 140 valence electrons. The average molecular weight is 375 g/mol. The van der Waals surface area contributed by atoms with Crippen LogP contribution in [0.3, 0.4) is 0 Å². The van der Waals surface area contributed by atoms with Crippen LogP contribution in [0.15, 0.2) is 35.6 Å². The zero-order chi connectivity index (χ0) is 18.4. The molecule has 2 heterocycles.